The van der Waals surface area contributed by atoms with Gasteiger partial charge in [-0.3, -0.25) is 11.1 Å². The van der Waals surface area contributed by atoms with Crippen LogP contribution in [0.15, 0.2) is 22.7 Å². The maximum absolute atomic E-state index is 6.13. The van der Waals surface area contributed by atoms with Crippen molar-refractivity contribution < 1.29 is 14.2 Å². The van der Waals surface area contributed by atoms with Crippen molar-refractivity contribution in [2.75, 3.05) is 13.2 Å². The predicted molar refractivity (Wildman–Crippen MR) is 76.3 cm³/mol. The van der Waals surface area contributed by atoms with E-state index in [1.165, 1.54) is 0 Å². The molecule has 2 fully saturated rings. The Morgan fingerprint density at radius 1 is 1.35 bits per heavy atom. The van der Waals surface area contributed by atoms with Crippen LogP contribution < -0.4 is 15.8 Å². The van der Waals surface area contributed by atoms with Gasteiger partial charge < -0.3 is 14.2 Å². The van der Waals surface area contributed by atoms with Crippen molar-refractivity contribution in [1.82, 2.24) is 5.32 Å². The number of fused-ring (bicyclic) bond motifs is 4. The highest BCUT2D eigenvalue weighted by Gasteiger charge is 2.55. The van der Waals surface area contributed by atoms with Crippen molar-refractivity contribution in [1.29, 1.82) is 0 Å². The lowest BCUT2D eigenvalue weighted by Gasteiger charge is -2.47. The fourth-order valence-electron chi connectivity index (χ4n) is 3.48. The summed E-state index contributed by atoms with van der Waals surface area (Å²) in [5.74, 6) is 0.894. The summed E-state index contributed by atoms with van der Waals surface area (Å²) in [5.41, 5.74) is 6.56. The van der Waals surface area contributed by atoms with E-state index in [4.69, 9.17) is 19.9 Å². The number of rotatable bonds is 0. The van der Waals surface area contributed by atoms with Crippen molar-refractivity contribution in [3.63, 3.8) is 0 Å². The van der Waals surface area contributed by atoms with E-state index in [1.54, 1.807) is 0 Å². The van der Waals surface area contributed by atoms with Crippen molar-refractivity contribution >= 4 is 15.9 Å². The highest BCUT2D eigenvalue weighted by Crippen LogP contribution is 2.46. The fourth-order valence-corrected chi connectivity index (χ4v) is 3.84. The summed E-state index contributed by atoms with van der Waals surface area (Å²) in [7, 11) is 0. The molecule has 6 heteroatoms. The summed E-state index contributed by atoms with van der Waals surface area (Å²) in [5, 5.41) is 3.38. The van der Waals surface area contributed by atoms with E-state index < -0.39 is 11.9 Å². The van der Waals surface area contributed by atoms with Gasteiger partial charge in [-0.05, 0) is 31.0 Å². The quantitative estimate of drug-likeness (QED) is 0.748. The first-order valence-corrected chi connectivity index (χ1v) is 7.71. The lowest BCUT2D eigenvalue weighted by Crippen LogP contribution is -2.62. The lowest BCUT2D eigenvalue weighted by molar-refractivity contribution is -0.121. The van der Waals surface area contributed by atoms with Gasteiger partial charge in [0.2, 0.25) is 0 Å². The second-order valence-corrected chi connectivity index (χ2v) is 6.49. The van der Waals surface area contributed by atoms with Gasteiger partial charge in [-0.1, -0.05) is 15.9 Å². The van der Waals surface area contributed by atoms with Crippen molar-refractivity contribution in [3.05, 3.63) is 28.2 Å². The SMILES string of the molecule is NC1NC2(CO1)c1cc(Br)ccc1O[C@H]1CCCO[C@@H]12. The average Bonchev–Trinajstić information content (AvgIpc) is 2.84. The van der Waals surface area contributed by atoms with Gasteiger partial charge in [0.1, 0.15) is 23.5 Å². The summed E-state index contributed by atoms with van der Waals surface area (Å²) in [6.07, 6.45) is 1.55. The molecule has 3 heterocycles. The normalized spacial score (nSPS) is 39.2. The third-order valence-electron chi connectivity index (χ3n) is 4.34. The molecule has 3 aliphatic heterocycles. The standard InChI is InChI=1S/C14H17BrN2O3/c15-8-3-4-10-9(6-8)14(7-19-13(16)17-14)12-11(20-10)2-1-5-18-12/h3-4,6,11-13,17H,1-2,5,7,16H2/t11-,12-,13?,14?/m0/s1. The van der Waals surface area contributed by atoms with Crippen molar-refractivity contribution in [3.8, 4) is 5.75 Å². The Morgan fingerprint density at radius 2 is 2.25 bits per heavy atom. The van der Waals surface area contributed by atoms with E-state index in [1.807, 2.05) is 12.1 Å². The number of hydrogen-bond donors (Lipinski definition) is 2. The van der Waals surface area contributed by atoms with E-state index >= 15 is 0 Å². The topological polar surface area (TPSA) is 65.7 Å². The third-order valence-corrected chi connectivity index (χ3v) is 4.84. The number of benzene rings is 1. The van der Waals surface area contributed by atoms with Crippen LogP contribution in [0, 0.1) is 0 Å². The molecule has 0 amide bonds. The smallest absolute Gasteiger partial charge is 0.161 e. The highest BCUT2D eigenvalue weighted by atomic mass is 79.9. The van der Waals surface area contributed by atoms with Crippen LogP contribution >= 0.6 is 15.9 Å². The van der Waals surface area contributed by atoms with E-state index in [0.717, 1.165) is 35.2 Å². The van der Waals surface area contributed by atoms with E-state index in [0.29, 0.717) is 6.61 Å². The van der Waals surface area contributed by atoms with Gasteiger partial charge in [-0.25, -0.2) is 0 Å². The van der Waals surface area contributed by atoms with Gasteiger partial charge in [-0.15, -0.1) is 0 Å². The van der Waals surface area contributed by atoms with Crippen LogP contribution in [-0.4, -0.2) is 31.8 Å². The Hall–Kier alpha value is -0.660. The molecule has 108 valence electrons. The van der Waals surface area contributed by atoms with Crippen LogP contribution in [0.1, 0.15) is 18.4 Å². The van der Waals surface area contributed by atoms with Crippen LogP contribution in [0.2, 0.25) is 0 Å². The van der Waals surface area contributed by atoms with Gasteiger partial charge in [0.15, 0.2) is 6.35 Å². The Balaban J connectivity index is 1.86. The summed E-state index contributed by atoms with van der Waals surface area (Å²) in [6, 6.07) is 6.06. The molecule has 4 atom stereocenters. The van der Waals surface area contributed by atoms with Crippen molar-refractivity contribution in [2.45, 2.75) is 36.9 Å². The summed E-state index contributed by atoms with van der Waals surface area (Å²) >= 11 is 3.53. The zero-order chi connectivity index (χ0) is 13.7. The first-order chi connectivity index (χ1) is 9.69. The largest absolute Gasteiger partial charge is 0.487 e. The zero-order valence-electron chi connectivity index (χ0n) is 11.0. The summed E-state index contributed by atoms with van der Waals surface area (Å²) in [4.78, 5) is 0. The molecular formula is C14H17BrN2O3. The molecular weight excluding hydrogens is 324 g/mol. The first-order valence-electron chi connectivity index (χ1n) is 6.92. The van der Waals surface area contributed by atoms with Gasteiger partial charge in [-0.2, -0.15) is 0 Å². The van der Waals surface area contributed by atoms with Gasteiger partial charge in [0.05, 0.1) is 6.61 Å². The Morgan fingerprint density at radius 3 is 3.05 bits per heavy atom. The molecule has 0 saturated carbocycles. The van der Waals surface area contributed by atoms with Crippen molar-refractivity contribution in [2.24, 2.45) is 5.73 Å². The number of nitrogens with two attached hydrogens (primary N) is 1. The average molecular weight is 341 g/mol. The van der Waals surface area contributed by atoms with Crippen LogP contribution in [0.5, 0.6) is 5.75 Å². The molecule has 0 aliphatic carbocycles. The number of nitrogens with one attached hydrogen (secondary N) is 1. The fraction of sp³-hybridized carbons (Fsp3) is 0.571. The minimum Gasteiger partial charge on any atom is -0.487 e. The molecule has 3 aliphatic rings. The van der Waals surface area contributed by atoms with Gasteiger partial charge in [0.25, 0.3) is 0 Å². The molecule has 0 radical (unpaired) electrons. The Labute approximate surface area is 125 Å². The number of ether oxygens (including phenoxy) is 3. The van der Waals surface area contributed by atoms with E-state index in [2.05, 4.69) is 27.3 Å². The first kappa shape index (κ1) is 13.0. The Kier molecular flexibility index (Phi) is 3.05. The minimum atomic E-state index is -0.467. The molecule has 2 unspecified atom stereocenters. The monoisotopic (exact) mass is 340 g/mol. The number of hydrogen-bond acceptors (Lipinski definition) is 5. The molecule has 1 aromatic rings. The van der Waals surface area contributed by atoms with Crippen LogP contribution in [0.4, 0.5) is 0 Å². The molecule has 2 saturated heterocycles. The number of halogens is 1. The maximum Gasteiger partial charge on any atom is 0.161 e. The van der Waals surface area contributed by atoms with Crippen LogP contribution in [0.3, 0.4) is 0 Å². The van der Waals surface area contributed by atoms with Crippen LogP contribution in [0.25, 0.3) is 0 Å². The molecule has 1 spiro atoms. The lowest BCUT2D eigenvalue weighted by atomic mass is 9.78. The highest BCUT2D eigenvalue weighted by molar-refractivity contribution is 9.10. The van der Waals surface area contributed by atoms with Gasteiger partial charge >= 0.3 is 0 Å². The second kappa shape index (κ2) is 4.68. The minimum absolute atomic E-state index is 0.0545. The van der Waals surface area contributed by atoms with Crippen LogP contribution in [-0.2, 0) is 15.0 Å². The van der Waals surface area contributed by atoms with Gasteiger partial charge in [0, 0.05) is 16.6 Å². The molecule has 20 heavy (non-hydrogen) atoms. The zero-order valence-corrected chi connectivity index (χ0v) is 12.6. The summed E-state index contributed by atoms with van der Waals surface area (Å²) in [6.45, 7) is 1.26. The summed E-state index contributed by atoms with van der Waals surface area (Å²) < 4.78 is 18.8. The Bertz CT molecular complexity index is 541. The van der Waals surface area contributed by atoms with E-state index in [9.17, 15) is 0 Å². The molecule has 3 N–H and O–H groups in total. The molecule has 5 nitrogen and oxygen atoms in total. The third kappa shape index (κ3) is 1.83. The molecule has 0 bridgehead atoms. The molecule has 4 rings (SSSR count). The molecule has 0 aromatic heterocycles. The van der Waals surface area contributed by atoms with E-state index in [-0.39, 0.29) is 12.2 Å². The maximum atomic E-state index is 6.13. The second-order valence-electron chi connectivity index (χ2n) is 5.58. The molecule has 1 aromatic carbocycles. The predicted octanol–water partition coefficient (Wildman–Crippen LogP) is 1.45.